The fourth-order valence-corrected chi connectivity index (χ4v) is 2.07. The first-order valence-electron chi connectivity index (χ1n) is 6.75. The average Bonchev–Trinajstić information content (AvgIpc) is 2.37. The number of allylic oxidation sites excluding steroid dienone is 1. The minimum Gasteiger partial charge on any atom is -0.507 e. The standard InChI is InChI=1S/C18H22O2/c1-6-8-10-16(19)14-11-13(9-7-2)17(20)15(12-14)18(3,4)5/h1,7,11-12,20H,2,8-10H2,3-5H3. The van der Waals surface area contributed by atoms with Crippen molar-refractivity contribution in [2.75, 3.05) is 0 Å². The van der Waals surface area contributed by atoms with Crippen LogP contribution >= 0.6 is 0 Å². The summed E-state index contributed by atoms with van der Waals surface area (Å²) >= 11 is 0. The fraction of sp³-hybridized carbons (Fsp3) is 0.389. The van der Waals surface area contributed by atoms with Gasteiger partial charge in [-0.15, -0.1) is 18.9 Å². The Balaban J connectivity index is 3.33. The monoisotopic (exact) mass is 270 g/mol. The molecule has 0 radical (unpaired) electrons. The number of Topliss-reactive ketones (excluding diaryl/α,β-unsaturated/α-hetero) is 1. The fourth-order valence-electron chi connectivity index (χ4n) is 2.07. The zero-order valence-corrected chi connectivity index (χ0v) is 12.5. The predicted molar refractivity (Wildman–Crippen MR) is 83.1 cm³/mol. The highest BCUT2D eigenvalue weighted by Gasteiger charge is 2.22. The molecule has 0 atom stereocenters. The van der Waals surface area contributed by atoms with Crippen LogP contribution in [-0.2, 0) is 11.8 Å². The van der Waals surface area contributed by atoms with Crippen LogP contribution in [0.2, 0.25) is 0 Å². The minimum atomic E-state index is -0.234. The SMILES string of the molecule is C#CCCC(=O)c1cc(CC=C)c(O)c(C(C)(C)C)c1. The topological polar surface area (TPSA) is 37.3 Å². The van der Waals surface area contributed by atoms with Crippen molar-refractivity contribution in [3.8, 4) is 18.1 Å². The van der Waals surface area contributed by atoms with Crippen LogP contribution in [0.25, 0.3) is 0 Å². The number of hydrogen-bond acceptors (Lipinski definition) is 2. The van der Waals surface area contributed by atoms with Gasteiger partial charge < -0.3 is 5.11 Å². The normalized spacial score (nSPS) is 10.9. The second-order valence-corrected chi connectivity index (χ2v) is 5.90. The molecule has 2 heteroatoms. The van der Waals surface area contributed by atoms with Crippen LogP contribution < -0.4 is 0 Å². The van der Waals surface area contributed by atoms with Gasteiger partial charge in [0, 0.05) is 24.0 Å². The van der Waals surface area contributed by atoms with E-state index in [1.54, 1.807) is 18.2 Å². The third-order valence-corrected chi connectivity index (χ3v) is 3.18. The van der Waals surface area contributed by atoms with Gasteiger partial charge in [-0.05, 0) is 29.5 Å². The van der Waals surface area contributed by atoms with Crippen LogP contribution in [0.15, 0.2) is 24.8 Å². The third-order valence-electron chi connectivity index (χ3n) is 3.18. The van der Waals surface area contributed by atoms with Crippen LogP contribution in [0, 0.1) is 12.3 Å². The van der Waals surface area contributed by atoms with Crippen molar-refractivity contribution in [1.29, 1.82) is 0 Å². The van der Waals surface area contributed by atoms with Crippen LogP contribution in [0.3, 0.4) is 0 Å². The van der Waals surface area contributed by atoms with Gasteiger partial charge in [0.05, 0.1) is 0 Å². The van der Waals surface area contributed by atoms with Gasteiger partial charge in [0.25, 0.3) is 0 Å². The second kappa shape index (κ2) is 6.43. The zero-order chi connectivity index (χ0) is 15.3. The predicted octanol–water partition coefficient (Wildman–Crippen LogP) is 4.01. The Kier molecular flexibility index (Phi) is 5.16. The maximum Gasteiger partial charge on any atom is 0.163 e. The molecule has 0 aromatic heterocycles. The molecule has 20 heavy (non-hydrogen) atoms. The summed E-state index contributed by atoms with van der Waals surface area (Å²) in [5, 5.41) is 10.3. The summed E-state index contributed by atoms with van der Waals surface area (Å²) in [6.45, 7) is 9.72. The molecule has 1 rings (SSSR count). The van der Waals surface area contributed by atoms with Gasteiger partial charge in [-0.25, -0.2) is 0 Å². The number of ketones is 1. The minimum absolute atomic E-state index is 0.0127. The van der Waals surface area contributed by atoms with Crippen molar-refractivity contribution >= 4 is 5.78 Å². The molecule has 0 amide bonds. The molecule has 0 aliphatic heterocycles. The molecular weight excluding hydrogens is 248 g/mol. The summed E-state index contributed by atoms with van der Waals surface area (Å²) in [4.78, 5) is 12.1. The van der Waals surface area contributed by atoms with E-state index in [9.17, 15) is 9.90 Å². The molecule has 1 aromatic carbocycles. The number of phenolic OH excluding ortho intramolecular Hbond substituents is 1. The summed E-state index contributed by atoms with van der Waals surface area (Å²) in [7, 11) is 0. The summed E-state index contributed by atoms with van der Waals surface area (Å²) in [6.07, 6.45) is 8.22. The van der Waals surface area contributed by atoms with Crippen LogP contribution in [-0.4, -0.2) is 10.9 Å². The first-order chi connectivity index (χ1) is 9.31. The lowest BCUT2D eigenvalue weighted by molar-refractivity contribution is 0.0984. The van der Waals surface area contributed by atoms with Crippen molar-refractivity contribution in [2.24, 2.45) is 0 Å². The van der Waals surface area contributed by atoms with E-state index in [0.29, 0.717) is 24.8 Å². The van der Waals surface area contributed by atoms with E-state index < -0.39 is 0 Å². The lowest BCUT2D eigenvalue weighted by Crippen LogP contribution is -2.14. The molecule has 106 valence electrons. The number of carbonyl (C=O) groups is 1. The number of hydrogen-bond donors (Lipinski definition) is 1. The van der Waals surface area contributed by atoms with E-state index >= 15 is 0 Å². The number of rotatable bonds is 5. The molecule has 1 aromatic rings. The van der Waals surface area contributed by atoms with Gasteiger partial charge in [-0.2, -0.15) is 0 Å². The molecule has 0 heterocycles. The highest BCUT2D eigenvalue weighted by Crippen LogP contribution is 2.35. The Morgan fingerprint density at radius 1 is 1.45 bits per heavy atom. The van der Waals surface area contributed by atoms with Gasteiger partial charge in [0.15, 0.2) is 5.78 Å². The van der Waals surface area contributed by atoms with Crippen molar-refractivity contribution in [3.63, 3.8) is 0 Å². The van der Waals surface area contributed by atoms with Gasteiger partial charge in [-0.3, -0.25) is 4.79 Å². The molecule has 0 bridgehead atoms. The third kappa shape index (κ3) is 3.74. The Morgan fingerprint density at radius 3 is 2.60 bits per heavy atom. The van der Waals surface area contributed by atoms with Crippen molar-refractivity contribution in [2.45, 2.75) is 45.4 Å². The zero-order valence-electron chi connectivity index (χ0n) is 12.5. The van der Waals surface area contributed by atoms with E-state index in [4.69, 9.17) is 6.42 Å². The Morgan fingerprint density at radius 2 is 2.10 bits per heavy atom. The van der Waals surface area contributed by atoms with Crippen LogP contribution in [0.1, 0.15) is 55.1 Å². The number of aromatic hydroxyl groups is 1. The molecular formula is C18H22O2. The van der Waals surface area contributed by atoms with E-state index in [1.165, 1.54) is 0 Å². The lowest BCUT2D eigenvalue weighted by atomic mass is 9.83. The van der Waals surface area contributed by atoms with Crippen molar-refractivity contribution in [1.82, 2.24) is 0 Å². The molecule has 1 N–H and O–H groups in total. The maximum absolute atomic E-state index is 12.1. The summed E-state index contributed by atoms with van der Waals surface area (Å²) < 4.78 is 0. The highest BCUT2D eigenvalue weighted by atomic mass is 16.3. The molecule has 0 aliphatic carbocycles. The summed E-state index contributed by atoms with van der Waals surface area (Å²) in [6, 6.07) is 3.52. The molecule has 0 saturated heterocycles. The quantitative estimate of drug-likeness (QED) is 0.498. The molecule has 0 saturated carbocycles. The molecule has 0 unspecified atom stereocenters. The number of carbonyl (C=O) groups excluding carboxylic acids is 1. The van der Waals surface area contributed by atoms with Crippen molar-refractivity contribution < 1.29 is 9.90 Å². The average molecular weight is 270 g/mol. The smallest absolute Gasteiger partial charge is 0.163 e. The number of terminal acetylenes is 1. The van der Waals surface area contributed by atoms with Gasteiger partial charge in [0.2, 0.25) is 0 Å². The maximum atomic E-state index is 12.1. The Hall–Kier alpha value is -2.01. The second-order valence-electron chi connectivity index (χ2n) is 5.90. The van der Waals surface area contributed by atoms with Crippen LogP contribution in [0.5, 0.6) is 5.75 Å². The van der Waals surface area contributed by atoms with Gasteiger partial charge in [-0.1, -0.05) is 26.8 Å². The number of benzene rings is 1. The molecule has 0 aliphatic rings. The van der Waals surface area contributed by atoms with Crippen molar-refractivity contribution in [3.05, 3.63) is 41.5 Å². The van der Waals surface area contributed by atoms with Crippen LogP contribution in [0.4, 0.5) is 0 Å². The number of phenols is 1. The van der Waals surface area contributed by atoms with E-state index in [-0.39, 0.29) is 16.9 Å². The van der Waals surface area contributed by atoms with Gasteiger partial charge >= 0.3 is 0 Å². The largest absolute Gasteiger partial charge is 0.507 e. The van der Waals surface area contributed by atoms with Gasteiger partial charge in [0.1, 0.15) is 5.75 Å². The summed E-state index contributed by atoms with van der Waals surface area (Å²) in [5.74, 6) is 2.75. The summed E-state index contributed by atoms with van der Waals surface area (Å²) in [5.41, 5.74) is 1.89. The van der Waals surface area contributed by atoms with E-state index in [2.05, 4.69) is 12.5 Å². The Labute approximate surface area is 121 Å². The molecule has 0 spiro atoms. The highest BCUT2D eigenvalue weighted by molar-refractivity contribution is 5.97. The van der Waals surface area contributed by atoms with E-state index in [1.807, 2.05) is 20.8 Å². The molecule has 2 nitrogen and oxygen atoms in total. The molecule has 0 fully saturated rings. The Bertz CT molecular complexity index is 554. The first-order valence-corrected chi connectivity index (χ1v) is 6.75. The van der Waals surface area contributed by atoms with E-state index in [0.717, 1.165) is 11.1 Å². The first kappa shape index (κ1) is 16.0. The lowest BCUT2D eigenvalue weighted by Gasteiger charge is -2.23.